The van der Waals surface area contributed by atoms with Gasteiger partial charge in [-0.3, -0.25) is 9.69 Å². The molecule has 0 unspecified atom stereocenters. The first kappa shape index (κ1) is 9.19. The van der Waals surface area contributed by atoms with Gasteiger partial charge in [0.2, 0.25) is 0 Å². The second kappa shape index (κ2) is 4.21. The fourth-order valence-electron chi connectivity index (χ4n) is 1.53. The van der Waals surface area contributed by atoms with Crippen LogP contribution in [0.2, 0.25) is 0 Å². The van der Waals surface area contributed by atoms with E-state index >= 15 is 0 Å². The smallest absolute Gasteiger partial charge is 0.307 e. The van der Waals surface area contributed by atoms with Crippen LogP contribution in [-0.4, -0.2) is 41.9 Å². The molecule has 4 heteroatoms. The molecule has 0 amide bonds. The Balaban J connectivity index is 2.39. The zero-order chi connectivity index (χ0) is 8.97. The Morgan fingerprint density at radius 3 is 3.00 bits per heavy atom. The normalized spacial score (nSPS) is 25.2. The van der Waals surface area contributed by atoms with Crippen molar-refractivity contribution < 1.29 is 14.7 Å². The quantitative estimate of drug-likeness (QED) is 0.606. The minimum atomic E-state index is -0.745. The molecule has 1 rings (SSSR count). The molecule has 1 atom stereocenters. The van der Waals surface area contributed by atoms with E-state index in [1.165, 1.54) is 0 Å². The predicted molar refractivity (Wildman–Crippen MR) is 42.9 cm³/mol. The molecule has 0 spiro atoms. The molecule has 1 aliphatic rings. The summed E-state index contributed by atoms with van der Waals surface area (Å²) in [5.74, 6) is -1.02. The number of piperidine rings is 1. The van der Waals surface area contributed by atoms with Gasteiger partial charge in [0, 0.05) is 6.54 Å². The van der Waals surface area contributed by atoms with Crippen LogP contribution < -0.4 is 0 Å². The van der Waals surface area contributed by atoms with E-state index in [9.17, 15) is 9.59 Å². The Kier molecular flexibility index (Phi) is 3.22. The van der Waals surface area contributed by atoms with E-state index in [1.54, 1.807) is 0 Å². The first-order valence-corrected chi connectivity index (χ1v) is 4.13. The van der Waals surface area contributed by atoms with Crippen molar-refractivity contribution in [3.8, 4) is 0 Å². The molecular formula is C8H13NO3. The van der Waals surface area contributed by atoms with Crippen LogP contribution in [0.15, 0.2) is 0 Å². The highest BCUT2D eigenvalue weighted by atomic mass is 16.4. The third-order valence-electron chi connectivity index (χ3n) is 2.19. The van der Waals surface area contributed by atoms with Crippen LogP contribution in [0.25, 0.3) is 0 Å². The van der Waals surface area contributed by atoms with Crippen LogP contribution in [0.3, 0.4) is 0 Å². The first-order valence-electron chi connectivity index (χ1n) is 4.13. The van der Waals surface area contributed by atoms with Crippen molar-refractivity contribution in [1.29, 1.82) is 0 Å². The lowest BCUT2D eigenvalue weighted by atomic mass is 9.98. The SMILES string of the molecule is O=CCN1CCC[C@H](C(=O)O)C1. The lowest BCUT2D eigenvalue weighted by molar-refractivity contribution is -0.143. The summed E-state index contributed by atoms with van der Waals surface area (Å²) in [6.45, 7) is 1.74. The summed E-state index contributed by atoms with van der Waals surface area (Å²) in [6, 6.07) is 0. The van der Waals surface area contributed by atoms with E-state index in [1.807, 2.05) is 4.90 Å². The fourth-order valence-corrected chi connectivity index (χ4v) is 1.53. The monoisotopic (exact) mass is 171 g/mol. The number of carboxylic acid groups (broad SMARTS) is 1. The average Bonchev–Trinajstić information content (AvgIpc) is 2.05. The zero-order valence-corrected chi connectivity index (χ0v) is 6.90. The van der Waals surface area contributed by atoms with E-state index in [0.717, 1.165) is 25.7 Å². The second-order valence-corrected chi connectivity index (χ2v) is 3.10. The average molecular weight is 171 g/mol. The van der Waals surface area contributed by atoms with Crippen LogP contribution in [-0.2, 0) is 9.59 Å². The van der Waals surface area contributed by atoms with Crippen LogP contribution in [0.1, 0.15) is 12.8 Å². The molecule has 1 saturated heterocycles. The summed E-state index contributed by atoms with van der Waals surface area (Å²) >= 11 is 0. The summed E-state index contributed by atoms with van der Waals surface area (Å²) < 4.78 is 0. The van der Waals surface area contributed by atoms with Gasteiger partial charge in [0.1, 0.15) is 6.29 Å². The van der Waals surface area contributed by atoms with Gasteiger partial charge < -0.3 is 9.90 Å². The first-order chi connectivity index (χ1) is 5.74. The van der Waals surface area contributed by atoms with Gasteiger partial charge in [0.15, 0.2) is 0 Å². The summed E-state index contributed by atoms with van der Waals surface area (Å²) in [5.41, 5.74) is 0. The maximum atomic E-state index is 10.6. The van der Waals surface area contributed by atoms with Crippen molar-refractivity contribution in [2.45, 2.75) is 12.8 Å². The molecule has 0 aromatic carbocycles. The molecule has 1 fully saturated rings. The lowest BCUT2D eigenvalue weighted by Gasteiger charge is -2.28. The maximum absolute atomic E-state index is 10.6. The van der Waals surface area contributed by atoms with Gasteiger partial charge in [-0.15, -0.1) is 0 Å². The second-order valence-electron chi connectivity index (χ2n) is 3.10. The molecule has 0 saturated carbocycles. The van der Waals surface area contributed by atoms with Gasteiger partial charge in [-0.05, 0) is 19.4 Å². The maximum Gasteiger partial charge on any atom is 0.307 e. The summed E-state index contributed by atoms with van der Waals surface area (Å²) in [5, 5.41) is 8.71. The molecular weight excluding hydrogens is 158 g/mol. The van der Waals surface area contributed by atoms with Crippen molar-refractivity contribution >= 4 is 12.3 Å². The van der Waals surface area contributed by atoms with Gasteiger partial charge >= 0.3 is 5.97 Å². The molecule has 0 radical (unpaired) electrons. The molecule has 0 aliphatic carbocycles. The number of likely N-dealkylation sites (tertiary alicyclic amines) is 1. The van der Waals surface area contributed by atoms with Gasteiger partial charge in [0.25, 0.3) is 0 Å². The molecule has 0 aromatic heterocycles. The van der Waals surface area contributed by atoms with E-state index in [-0.39, 0.29) is 5.92 Å². The van der Waals surface area contributed by atoms with Crippen molar-refractivity contribution in [3.05, 3.63) is 0 Å². The number of hydrogen-bond acceptors (Lipinski definition) is 3. The number of aliphatic carboxylic acids is 1. The molecule has 68 valence electrons. The number of hydrogen-bond donors (Lipinski definition) is 1. The van der Waals surface area contributed by atoms with Crippen molar-refractivity contribution in [2.75, 3.05) is 19.6 Å². The molecule has 1 heterocycles. The lowest BCUT2D eigenvalue weighted by Crippen LogP contribution is -2.39. The molecule has 0 aromatic rings. The van der Waals surface area contributed by atoms with Gasteiger partial charge in [-0.1, -0.05) is 0 Å². The Bertz CT molecular complexity index is 181. The Morgan fingerprint density at radius 2 is 2.42 bits per heavy atom. The highest BCUT2D eigenvalue weighted by Gasteiger charge is 2.24. The Hall–Kier alpha value is -0.900. The topological polar surface area (TPSA) is 57.6 Å². The number of carboxylic acids is 1. The standard InChI is InChI=1S/C8H13NO3/c10-5-4-9-3-1-2-7(6-9)8(11)12/h5,7H,1-4,6H2,(H,11,12)/t7-/m0/s1. The Morgan fingerprint density at radius 1 is 1.67 bits per heavy atom. The number of carbonyl (C=O) groups excluding carboxylic acids is 1. The summed E-state index contributed by atoms with van der Waals surface area (Å²) in [4.78, 5) is 22.6. The third kappa shape index (κ3) is 2.30. The number of nitrogens with zero attached hydrogens (tertiary/aromatic N) is 1. The molecule has 1 N–H and O–H groups in total. The van der Waals surface area contributed by atoms with E-state index in [2.05, 4.69) is 0 Å². The van der Waals surface area contributed by atoms with Crippen LogP contribution in [0.5, 0.6) is 0 Å². The highest BCUT2D eigenvalue weighted by molar-refractivity contribution is 5.70. The zero-order valence-electron chi connectivity index (χ0n) is 6.90. The number of aldehydes is 1. The van der Waals surface area contributed by atoms with Gasteiger partial charge in [-0.25, -0.2) is 0 Å². The van der Waals surface area contributed by atoms with Crippen LogP contribution in [0, 0.1) is 5.92 Å². The molecule has 0 bridgehead atoms. The Labute approximate surface area is 71.2 Å². The van der Waals surface area contributed by atoms with Gasteiger partial charge in [-0.2, -0.15) is 0 Å². The fraction of sp³-hybridized carbons (Fsp3) is 0.750. The molecule has 4 nitrogen and oxygen atoms in total. The molecule has 1 aliphatic heterocycles. The summed E-state index contributed by atoms with van der Waals surface area (Å²) in [7, 11) is 0. The summed E-state index contributed by atoms with van der Waals surface area (Å²) in [6.07, 6.45) is 2.44. The number of rotatable bonds is 3. The largest absolute Gasteiger partial charge is 0.481 e. The number of carbonyl (C=O) groups is 2. The minimum Gasteiger partial charge on any atom is -0.481 e. The minimum absolute atomic E-state index is 0.279. The van der Waals surface area contributed by atoms with Crippen LogP contribution in [0.4, 0.5) is 0 Å². The van der Waals surface area contributed by atoms with Crippen molar-refractivity contribution in [1.82, 2.24) is 4.90 Å². The van der Waals surface area contributed by atoms with Crippen LogP contribution >= 0.6 is 0 Å². The van der Waals surface area contributed by atoms with Gasteiger partial charge in [0.05, 0.1) is 12.5 Å². The van der Waals surface area contributed by atoms with E-state index in [4.69, 9.17) is 5.11 Å². The highest BCUT2D eigenvalue weighted by Crippen LogP contribution is 2.15. The van der Waals surface area contributed by atoms with Crippen molar-refractivity contribution in [2.24, 2.45) is 5.92 Å². The van der Waals surface area contributed by atoms with E-state index in [0.29, 0.717) is 13.1 Å². The van der Waals surface area contributed by atoms with E-state index < -0.39 is 5.97 Å². The predicted octanol–water partition coefficient (Wildman–Crippen LogP) is -0.0181. The third-order valence-corrected chi connectivity index (χ3v) is 2.19. The molecule has 12 heavy (non-hydrogen) atoms. The van der Waals surface area contributed by atoms with Crippen molar-refractivity contribution in [3.63, 3.8) is 0 Å².